The van der Waals surface area contributed by atoms with Crippen LogP contribution in [0, 0.1) is 11.3 Å². The van der Waals surface area contributed by atoms with Crippen LogP contribution in [-0.4, -0.2) is 7.11 Å². The maximum absolute atomic E-state index is 5.63. The largest absolute Gasteiger partial charge is 0.496 e. The number of fused-ring (bicyclic) bond motifs is 3. The van der Waals surface area contributed by atoms with Crippen molar-refractivity contribution in [3.05, 3.63) is 41.0 Å². The number of rotatable bonds is 4. The van der Waals surface area contributed by atoms with E-state index in [9.17, 15) is 0 Å². The van der Waals surface area contributed by atoms with E-state index in [2.05, 4.69) is 45.0 Å². The summed E-state index contributed by atoms with van der Waals surface area (Å²) in [6, 6.07) is 6.57. The molecule has 0 unspecified atom stereocenters. The SMILES string of the molecule is COc1cccc2c1[C@H]1[C@@H](CC2)[C@]1(C)CCC=C(C)C. The minimum absolute atomic E-state index is 0.492. The fourth-order valence-corrected chi connectivity index (χ4v) is 4.35. The highest BCUT2D eigenvalue weighted by molar-refractivity contribution is 5.50. The van der Waals surface area contributed by atoms with Gasteiger partial charge < -0.3 is 4.74 Å². The molecule has 1 heteroatoms. The molecule has 0 spiro atoms. The maximum atomic E-state index is 5.63. The zero-order chi connectivity index (χ0) is 14.3. The number of benzene rings is 1. The lowest BCUT2D eigenvalue weighted by Gasteiger charge is -2.18. The Hall–Kier alpha value is -1.24. The highest BCUT2D eigenvalue weighted by atomic mass is 16.5. The van der Waals surface area contributed by atoms with Crippen molar-refractivity contribution in [3.63, 3.8) is 0 Å². The average Bonchev–Trinajstić information content (AvgIpc) is 3.03. The van der Waals surface area contributed by atoms with Crippen LogP contribution in [0.5, 0.6) is 5.75 Å². The third kappa shape index (κ3) is 2.08. The fourth-order valence-electron chi connectivity index (χ4n) is 4.35. The van der Waals surface area contributed by atoms with E-state index < -0.39 is 0 Å². The summed E-state index contributed by atoms with van der Waals surface area (Å²) in [7, 11) is 1.81. The summed E-state index contributed by atoms with van der Waals surface area (Å²) in [6.45, 7) is 6.88. The van der Waals surface area contributed by atoms with Crippen LogP contribution in [0.2, 0.25) is 0 Å². The Labute approximate surface area is 123 Å². The van der Waals surface area contributed by atoms with Crippen LogP contribution in [-0.2, 0) is 6.42 Å². The second kappa shape index (κ2) is 4.95. The van der Waals surface area contributed by atoms with Crippen molar-refractivity contribution in [3.8, 4) is 5.75 Å². The molecule has 3 atom stereocenters. The average molecular weight is 270 g/mol. The molecule has 1 aromatic rings. The molecule has 0 radical (unpaired) electrons. The summed E-state index contributed by atoms with van der Waals surface area (Å²) in [5.74, 6) is 2.72. The van der Waals surface area contributed by atoms with Gasteiger partial charge in [0.05, 0.1) is 7.11 Å². The van der Waals surface area contributed by atoms with Crippen molar-refractivity contribution >= 4 is 0 Å². The molecule has 2 aliphatic rings. The first kappa shape index (κ1) is 13.7. The molecule has 1 fully saturated rings. The van der Waals surface area contributed by atoms with Gasteiger partial charge in [0, 0.05) is 5.56 Å². The van der Waals surface area contributed by atoms with Crippen LogP contribution in [0.25, 0.3) is 0 Å². The fraction of sp³-hybridized carbons (Fsp3) is 0.579. The quantitative estimate of drug-likeness (QED) is 0.691. The predicted octanol–water partition coefficient (Wildman–Crippen LogP) is 5.11. The highest BCUT2D eigenvalue weighted by Gasteiger charge is 2.62. The van der Waals surface area contributed by atoms with E-state index in [1.807, 2.05) is 7.11 Å². The third-order valence-corrected chi connectivity index (χ3v) is 5.50. The maximum Gasteiger partial charge on any atom is 0.122 e. The molecule has 0 aromatic heterocycles. The molecule has 2 aliphatic carbocycles. The van der Waals surface area contributed by atoms with E-state index in [-0.39, 0.29) is 0 Å². The van der Waals surface area contributed by atoms with Crippen molar-refractivity contribution in [2.75, 3.05) is 7.11 Å². The van der Waals surface area contributed by atoms with Gasteiger partial charge in [-0.15, -0.1) is 0 Å². The molecule has 1 aromatic carbocycles. The molecule has 0 amide bonds. The van der Waals surface area contributed by atoms with Gasteiger partial charge in [-0.3, -0.25) is 0 Å². The minimum atomic E-state index is 0.492. The van der Waals surface area contributed by atoms with E-state index in [0.29, 0.717) is 5.41 Å². The second-order valence-corrected chi connectivity index (χ2v) is 6.98. The Morgan fingerprint density at radius 3 is 2.90 bits per heavy atom. The van der Waals surface area contributed by atoms with Gasteiger partial charge in [-0.1, -0.05) is 30.7 Å². The smallest absolute Gasteiger partial charge is 0.122 e. The summed E-state index contributed by atoms with van der Waals surface area (Å²) in [5.41, 5.74) is 4.98. The summed E-state index contributed by atoms with van der Waals surface area (Å²) in [6.07, 6.45) is 7.50. The molecule has 0 saturated heterocycles. The van der Waals surface area contributed by atoms with Gasteiger partial charge in [-0.05, 0) is 68.4 Å². The number of ether oxygens (including phenoxy) is 1. The molecule has 0 N–H and O–H groups in total. The first-order valence-corrected chi connectivity index (χ1v) is 7.87. The molecule has 0 aliphatic heterocycles. The number of hydrogen-bond donors (Lipinski definition) is 0. The molecular weight excluding hydrogens is 244 g/mol. The van der Waals surface area contributed by atoms with Gasteiger partial charge >= 0.3 is 0 Å². The van der Waals surface area contributed by atoms with E-state index in [0.717, 1.165) is 17.6 Å². The number of allylic oxidation sites excluding steroid dienone is 2. The summed E-state index contributed by atoms with van der Waals surface area (Å²) < 4.78 is 5.63. The Balaban J connectivity index is 1.85. The van der Waals surface area contributed by atoms with Crippen molar-refractivity contribution in [1.82, 2.24) is 0 Å². The van der Waals surface area contributed by atoms with Gasteiger partial charge in [-0.25, -0.2) is 0 Å². The first-order valence-electron chi connectivity index (χ1n) is 7.87. The van der Waals surface area contributed by atoms with Crippen LogP contribution in [0.1, 0.15) is 57.1 Å². The number of aryl methyl sites for hydroxylation is 1. The number of methoxy groups -OCH3 is 1. The Bertz CT molecular complexity index is 524. The normalized spacial score (nSPS) is 30.2. The third-order valence-electron chi connectivity index (χ3n) is 5.50. The molecule has 0 heterocycles. The van der Waals surface area contributed by atoms with E-state index in [1.54, 1.807) is 0 Å². The van der Waals surface area contributed by atoms with Crippen molar-refractivity contribution in [2.45, 2.75) is 52.4 Å². The van der Waals surface area contributed by atoms with Crippen LogP contribution in [0.3, 0.4) is 0 Å². The molecule has 1 saturated carbocycles. The molecule has 108 valence electrons. The second-order valence-electron chi connectivity index (χ2n) is 6.98. The van der Waals surface area contributed by atoms with Crippen LogP contribution < -0.4 is 4.74 Å². The van der Waals surface area contributed by atoms with Crippen molar-refractivity contribution < 1.29 is 4.74 Å². The lowest BCUT2D eigenvalue weighted by molar-refractivity contribution is 0.404. The summed E-state index contributed by atoms with van der Waals surface area (Å²) in [4.78, 5) is 0. The molecule has 3 rings (SSSR count). The first-order chi connectivity index (χ1) is 9.58. The van der Waals surface area contributed by atoms with Crippen LogP contribution in [0.15, 0.2) is 29.8 Å². The Morgan fingerprint density at radius 2 is 2.20 bits per heavy atom. The lowest BCUT2D eigenvalue weighted by atomic mass is 9.90. The van der Waals surface area contributed by atoms with E-state index >= 15 is 0 Å². The zero-order valence-corrected chi connectivity index (χ0v) is 13.2. The van der Waals surface area contributed by atoms with Gasteiger partial charge in [0.25, 0.3) is 0 Å². The van der Waals surface area contributed by atoms with Gasteiger partial charge in [0.2, 0.25) is 0 Å². The van der Waals surface area contributed by atoms with E-state index in [1.165, 1.54) is 42.4 Å². The molecule has 20 heavy (non-hydrogen) atoms. The van der Waals surface area contributed by atoms with Gasteiger partial charge in [0.1, 0.15) is 5.75 Å². The Kier molecular flexibility index (Phi) is 3.40. The van der Waals surface area contributed by atoms with Gasteiger partial charge in [-0.2, -0.15) is 0 Å². The van der Waals surface area contributed by atoms with Crippen molar-refractivity contribution in [1.29, 1.82) is 0 Å². The standard InChI is InChI=1S/C19H26O/c1-13(2)7-6-12-19(3)15-11-10-14-8-5-9-16(20-4)17(14)18(15)19/h5,7-9,15,18H,6,10-12H2,1-4H3/t15-,18-,19+/m1/s1. The zero-order valence-electron chi connectivity index (χ0n) is 13.2. The molecule has 1 nitrogen and oxygen atoms in total. The highest BCUT2D eigenvalue weighted by Crippen LogP contribution is 2.72. The Morgan fingerprint density at radius 1 is 1.40 bits per heavy atom. The minimum Gasteiger partial charge on any atom is -0.496 e. The predicted molar refractivity (Wildman–Crippen MR) is 84.3 cm³/mol. The molecule has 0 bridgehead atoms. The summed E-state index contributed by atoms with van der Waals surface area (Å²) in [5, 5.41) is 0. The van der Waals surface area contributed by atoms with Crippen LogP contribution >= 0.6 is 0 Å². The van der Waals surface area contributed by atoms with Crippen molar-refractivity contribution in [2.24, 2.45) is 11.3 Å². The lowest BCUT2D eigenvalue weighted by Crippen LogP contribution is -2.03. The van der Waals surface area contributed by atoms with Crippen LogP contribution in [0.4, 0.5) is 0 Å². The van der Waals surface area contributed by atoms with Gasteiger partial charge in [0.15, 0.2) is 0 Å². The number of hydrogen-bond acceptors (Lipinski definition) is 1. The monoisotopic (exact) mass is 270 g/mol. The summed E-state index contributed by atoms with van der Waals surface area (Å²) >= 11 is 0. The topological polar surface area (TPSA) is 9.23 Å². The molecular formula is C19H26O. The van der Waals surface area contributed by atoms with E-state index in [4.69, 9.17) is 4.74 Å².